The van der Waals surface area contributed by atoms with E-state index in [1.165, 1.54) is 6.07 Å². The predicted octanol–water partition coefficient (Wildman–Crippen LogP) is 3.59. The molecular formula is C17H21BFNO. The maximum absolute atomic E-state index is 13.7. The molecule has 2 rings (SSSR count). The van der Waals surface area contributed by atoms with Crippen LogP contribution in [-0.4, -0.2) is 19.2 Å². The first-order valence-corrected chi connectivity index (χ1v) is 7.32. The van der Waals surface area contributed by atoms with Gasteiger partial charge in [-0.2, -0.15) is 0 Å². The third kappa shape index (κ3) is 3.49. The van der Waals surface area contributed by atoms with Crippen LogP contribution in [0.3, 0.4) is 0 Å². The molecule has 110 valence electrons. The average molecular weight is 285 g/mol. The molecule has 0 radical (unpaired) electrons. The van der Waals surface area contributed by atoms with Crippen molar-refractivity contribution >= 4 is 19.2 Å². The lowest BCUT2D eigenvalue weighted by atomic mass is 9.45. The zero-order chi connectivity index (χ0) is 15.6. The third-order valence-electron chi connectivity index (χ3n) is 4.00. The Bertz CT molecular complexity index is 632. The van der Waals surface area contributed by atoms with E-state index in [1.54, 1.807) is 19.2 Å². The number of rotatable bonds is 3. The van der Waals surface area contributed by atoms with Gasteiger partial charge in [0.25, 0.3) is 0 Å². The van der Waals surface area contributed by atoms with E-state index in [1.807, 2.05) is 13.0 Å². The number of nitrogens with zero attached hydrogens (tertiary/aromatic N) is 1. The van der Waals surface area contributed by atoms with Gasteiger partial charge in [0.15, 0.2) is 0 Å². The Morgan fingerprint density at radius 3 is 2.81 bits per heavy atom. The summed E-state index contributed by atoms with van der Waals surface area (Å²) in [6.45, 7) is 7.77. The molecule has 4 heteroatoms. The minimum atomic E-state index is -0.225. The highest BCUT2D eigenvalue weighted by atomic mass is 19.1. The summed E-state index contributed by atoms with van der Waals surface area (Å²) in [5.41, 5.74) is 3.20. The van der Waals surface area contributed by atoms with E-state index in [2.05, 4.69) is 18.8 Å². The van der Waals surface area contributed by atoms with Crippen molar-refractivity contribution in [3.8, 4) is 0 Å². The van der Waals surface area contributed by atoms with Gasteiger partial charge in [0.2, 0.25) is 7.28 Å². The van der Waals surface area contributed by atoms with Crippen LogP contribution in [0.15, 0.2) is 34.5 Å². The summed E-state index contributed by atoms with van der Waals surface area (Å²) < 4.78 is 13.7. The number of carbonyl (C=O) groups is 1. The lowest BCUT2D eigenvalue weighted by molar-refractivity contribution is -0.109. The van der Waals surface area contributed by atoms with Crippen molar-refractivity contribution in [2.45, 2.75) is 45.9 Å². The summed E-state index contributed by atoms with van der Waals surface area (Å²) in [6, 6.07) is 5.02. The maximum Gasteiger partial charge on any atom is 0.217 e. The maximum atomic E-state index is 13.7. The van der Waals surface area contributed by atoms with E-state index < -0.39 is 0 Å². The fourth-order valence-corrected chi connectivity index (χ4v) is 2.84. The molecule has 0 bridgehead atoms. The summed E-state index contributed by atoms with van der Waals surface area (Å²) in [7, 11) is 0.527. The number of hydrogen-bond donors (Lipinski definition) is 0. The summed E-state index contributed by atoms with van der Waals surface area (Å²) in [6.07, 6.45) is 2.97. The van der Waals surface area contributed by atoms with E-state index in [4.69, 9.17) is 0 Å². The summed E-state index contributed by atoms with van der Waals surface area (Å²) in [5.74, 6) is -0.225. The van der Waals surface area contributed by atoms with Crippen LogP contribution in [0.25, 0.3) is 0 Å². The molecule has 0 N–H and O–H groups in total. The first-order chi connectivity index (χ1) is 9.84. The summed E-state index contributed by atoms with van der Waals surface area (Å²) in [4.78, 5) is 16.9. The molecule has 0 spiro atoms. The lowest BCUT2D eigenvalue weighted by Crippen LogP contribution is -2.30. The first kappa shape index (κ1) is 15.7. The van der Waals surface area contributed by atoms with Gasteiger partial charge in [0.05, 0.1) is 0 Å². The van der Waals surface area contributed by atoms with Gasteiger partial charge in [0.1, 0.15) is 11.5 Å². The van der Waals surface area contributed by atoms with E-state index in [0.717, 1.165) is 23.3 Å². The Hall–Kier alpha value is -1.71. The minimum Gasteiger partial charge on any atom is -0.306 e. The van der Waals surface area contributed by atoms with Crippen LogP contribution in [0.1, 0.15) is 38.3 Å². The van der Waals surface area contributed by atoms with Gasteiger partial charge in [-0.05, 0) is 42.8 Å². The highest BCUT2D eigenvalue weighted by Crippen LogP contribution is 2.39. The zero-order valence-corrected chi connectivity index (χ0v) is 13.2. The molecule has 0 saturated carbocycles. The van der Waals surface area contributed by atoms with Crippen molar-refractivity contribution in [1.29, 1.82) is 0 Å². The summed E-state index contributed by atoms with van der Waals surface area (Å²) in [5, 5.41) is -0.0561. The smallest absolute Gasteiger partial charge is 0.217 e. The number of hydrogen-bond acceptors (Lipinski definition) is 2. The first-order valence-electron chi connectivity index (χ1n) is 7.32. The van der Waals surface area contributed by atoms with Crippen LogP contribution in [0.2, 0.25) is 5.31 Å². The Labute approximate surface area is 126 Å². The van der Waals surface area contributed by atoms with Crippen LogP contribution in [-0.2, 0) is 11.2 Å². The number of aliphatic imine (C=N–C) groups is 1. The van der Waals surface area contributed by atoms with Gasteiger partial charge in [-0.15, -0.1) is 0 Å². The van der Waals surface area contributed by atoms with Gasteiger partial charge in [-0.1, -0.05) is 26.0 Å². The molecule has 0 saturated heterocycles. The molecule has 0 fully saturated rings. The van der Waals surface area contributed by atoms with Crippen molar-refractivity contribution in [2.75, 3.05) is 0 Å². The number of carbonyl (C=O) groups excluding carboxylic acids is 1. The molecular weight excluding hydrogens is 264 g/mol. The Balaban J connectivity index is 2.43. The van der Waals surface area contributed by atoms with Crippen LogP contribution < -0.4 is 0 Å². The zero-order valence-electron chi connectivity index (χ0n) is 13.2. The molecule has 0 amide bonds. The SMILES string of the molecule is C/C=N\C1=C(Cc2cccc(F)c2C)C(=O)BC(C)(C)C1. The molecule has 1 aromatic carbocycles. The highest BCUT2D eigenvalue weighted by Gasteiger charge is 2.34. The van der Waals surface area contributed by atoms with Crippen LogP contribution in [0.5, 0.6) is 0 Å². The Kier molecular flexibility index (Phi) is 4.45. The van der Waals surface area contributed by atoms with Crippen molar-refractivity contribution in [1.82, 2.24) is 0 Å². The van der Waals surface area contributed by atoms with Crippen molar-refractivity contribution in [3.63, 3.8) is 0 Å². The van der Waals surface area contributed by atoms with Gasteiger partial charge < -0.3 is 4.79 Å². The van der Waals surface area contributed by atoms with Gasteiger partial charge in [-0.25, -0.2) is 4.39 Å². The van der Waals surface area contributed by atoms with E-state index >= 15 is 0 Å². The largest absolute Gasteiger partial charge is 0.306 e. The van der Waals surface area contributed by atoms with Gasteiger partial charge in [-0.3, -0.25) is 4.99 Å². The lowest BCUT2D eigenvalue weighted by Gasteiger charge is -2.29. The second kappa shape index (κ2) is 5.96. The molecule has 0 unspecified atom stereocenters. The van der Waals surface area contributed by atoms with E-state index in [9.17, 15) is 9.18 Å². The van der Waals surface area contributed by atoms with Gasteiger partial charge >= 0.3 is 0 Å². The van der Waals surface area contributed by atoms with E-state index in [-0.39, 0.29) is 16.8 Å². The van der Waals surface area contributed by atoms with Crippen molar-refractivity contribution < 1.29 is 9.18 Å². The van der Waals surface area contributed by atoms with Crippen LogP contribution >= 0.6 is 0 Å². The van der Waals surface area contributed by atoms with E-state index in [0.29, 0.717) is 19.3 Å². The topological polar surface area (TPSA) is 29.4 Å². The highest BCUT2D eigenvalue weighted by molar-refractivity contribution is 6.80. The molecule has 0 aromatic heterocycles. The predicted molar refractivity (Wildman–Crippen MR) is 86.8 cm³/mol. The number of allylic oxidation sites excluding steroid dienone is 2. The number of benzene rings is 1. The monoisotopic (exact) mass is 285 g/mol. The average Bonchev–Trinajstić information content (AvgIpc) is 2.38. The molecule has 21 heavy (non-hydrogen) atoms. The third-order valence-corrected chi connectivity index (χ3v) is 4.00. The fourth-order valence-electron chi connectivity index (χ4n) is 2.84. The molecule has 2 nitrogen and oxygen atoms in total. The normalized spacial score (nSPS) is 18.2. The van der Waals surface area contributed by atoms with Crippen LogP contribution in [0.4, 0.5) is 4.39 Å². The summed E-state index contributed by atoms with van der Waals surface area (Å²) >= 11 is 0. The second-order valence-corrected chi connectivity index (χ2v) is 6.45. The fraction of sp³-hybridized carbons (Fsp3) is 0.412. The Morgan fingerprint density at radius 1 is 1.43 bits per heavy atom. The van der Waals surface area contributed by atoms with Crippen molar-refractivity contribution in [3.05, 3.63) is 46.4 Å². The standard InChI is InChI=1S/C17H21BFNO/c1-5-20-15-10-17(3,4)18-16(21)13(15)9-12-7-6-8-14(19)11(12)2/h5-8,18H,9-10H2,1-4H3/b20-5-. The number of halogens is 1. The molecule has 1 aromatic rings. The quantitative estimate of drug-likeness (QED) is 0.616. The molecule has 0 atom stereocenters. The minimum absolute atomic E-state index is 0.0561. The molecule has 1 aliphatic rings. The Morgan fingerprint density at radius 2 is 2.14 bits per heavy atom. The molecule has 1 aliphatic heterocycles. The van der Waals surface area contributed by atoms with Gasteiger partial charge in [0, 0.05) is 23.9 Å². The molecule has 0 aliphatic carbocycles. The van der Waals surface area contributed by atoms with Crippen molar-refractivity contribution in [2.24, 2.45) is 4.99 Å². The molecule has 1 heterocycles. The second-order valence-electron chi connectivity index (χ2n) is 6.45. The van der Waals surface area contributed by atoms with Crippen LogP contribution in [0, 0.1) is 12.7 Å².